The Morgan fingerprint density at radius 3 is 2.12 bits per heavy atom. The van der Waals surface area contributed by atoms with E-state index in [4.69, 9.17) is 0 Å². The summed E-state index contributed by atoms with van der Waals surface area (Å²) in [7, 11) is 0. The molecule has 4 nitrogen and oxygen atoms in total. The molecule has 2 N–H and O–H groups in total. The molecule has 2 atom stereocenters. The van der Waals surface area contributed by atoms with Crippen LogP contribution >= 0.6 is 11.8 Å². The van der Waals surface area contributed by atoms with Crippen LogP contribution in [0.3, 0.4) is 0 Å². The first-order valence-corrected chi connectivity index (χ1v) is 8.84. The molecule has 0 fully saturated rings. The van der Waals surface area contributed by atoms with Crippen LogP contribution in [0.4, 0.5) is 0 Å². The number of benzene rings is 2. The van der Waals surface area contributed by atoms with Gasteiger partial charge in [-0.1, -0.05) is 48.5 Å². The number of hydrogen-bond acceptors (Lipinski definition) is 3. The molecule has 0 aliphatic heterocycles. The molecule has 0 saturated carbocycles. The topological polar surface area (TPSA) is 58.2 Å². The molecule has 2 rings (SSSR count). The van der Waals surface area contributed by atoms with Crippen molar-refractivity contribution in [3.05, 3.63) is 66.2 Å². The Kier molecular flexibility index (Phi) is 6.88. The SMILES string of the molecule is CCNC(=O)[C@@H](C)NC(=O)[C@H](Sc1ccccc1)c1ccccc1. The van der Waals surface area contributed by atoms with Crippen LogP contribution in [-0.4, -0.2) is 24.4 Å². The molecule has 0 spiro atoms. The number of hydrogen-bond donors (Lipinski definition) is 2. The summed E-state index contributed by atoms with van der Waals surface area (Å²) >= 11 is 1.47. The molecule has 0 bridgehead atoms. The van der Waals surface area contributed by atoms with Gasteiger partial charge in [0.1, 0.15) is 11.3 Å². The predicted octanol–water partition coefficient (Wildman–Crippen LogP) is 3.16. The highest BCUT2D eigenvalue weighted by atomic mass is 32.2. The Labute approximate surface area is 147 Å². The third-order valence-electron chi connectivity index (χ3n) is 3.44. The van der Waals surface area contributed by atoms with Gasteiger partial charge in [-0.05, 0) is 31.5 Å². The number of nitrogens with one attached hydrogen (secondary N) is 2. The Morgan fingerprint density at radius 1 is 0.958 bits per heavy atom. The number of carbonyl (C=O) groups is 2. The van der Waals surface area contributed by atoms with Gasteiger partial charge in [0, 0.05) is 11.4 Å². The van der Waals surface area contributed by atoms with Gasteiger partial charge in [0.25, 0.3) is 0 Å². The Bertz CT molecular complexity index is 662. The van der Waals surface area contributed by atoms with Gasteiger partial charge < -0.3 is 10.6 Å². The Hall–Kier alpha value is -2.27. The van der Waals surface area contributed by atoms with E-state index in [9.17, 15) is 9.59 Å². The van der Waals surface area contributed by atoms with E-state index in [1.54, 1.807) is 6.92 Å². The zero-order valence-corrected chi connectivity index (χ0v) is 14.7. The lowest BCUT2D eigenvalue weighted by atomic mass is 10.1. The second-order valence-corrected chi connectivity index (χ2v) is 6.52. The summed E-state index contributed by atoms with van der Waals surface area (Å²) in [4.78, 5) is 25.6. The van der Waals surface area contributed by atoms with E-state index in [0.29, 0.717) is 6.54 Å². The van der Waals surface area contributed by atoms with Crippen molar-refractivity contribution in [2.24, 2.45) is 0 Å². The summed E-state index contributed by atoms with van der Waals surface area (Å²) in [6, 6.07) is 18.8. The third-order valence-corrected chi connectivity index (χ3v) is 4.71. The summed E-state index contributed by atoms with van der Waals surface area (Å²) in [6.45, 7) is 4.09. The summed E-state index contributed by atoms with van der Waals surface area (Å²) in [6.07, 6.45) is 0. The lowest BCUT2D eigenvalue weighted by Crippen LogP contribution is -2.45. The maximum absolute atomic E-state index is 12.8. The van der Waals surface area contributed by atoms with Gasteiger partial charge in [0.2, 0.25) is 11.8 Å². The van der Waals surface area contributed by atoms with Crippen molar-refractivity contribution in [1.29, 1.82) is 0 Å². The number of rotatable bonds is 7. The minimum Gasteiger partial charge on any atom is -0.355 e. The van der Waals surface area contributed by atoms with Gasteiger partial charge in [0.05, 0.1) is 0 Å². The van der Waals surface area contributed by atoms with E-state index in [1.165, 1.54) is 11.8 Å². The Balaban J connectivity index is 2.16. The minimum absolute atomic E-state index is 0.172. The zero-order chi connectivity index (χ0) is 17.4. The van der Waals surface area contributed by atoms with Gasteiger partial charge in [0.15, 0.2) is 0 Å². The highest BCUT2D eigenvalue weighted by molar-refractivity contribution is 8.00. The molecular weight excluding hydrogens is 320 g/mol. The molecule has 0 unspecified atom stereocenters. The number of carbonyl (C=O) groups excluding carboxylic acids is 2. The van der Waals surface area contributed by atoms with Crippen molar-refractivity contribution < 1.29 is 9.59 Å². The smallest absolute Gasteiger partial charge is 0.242 e. The van der Waals surface area contributed by atoms with Crippen LogP contribution < -0.4 is 10.6 Å². The summed E-state index contributed by atoms with van der Waals surface area (Å²) in [5.74, 6) is -0.351. The Morgan fingerprint density at radius 2 is 1.54 bits per heavy atom. The molecule has 0 heterocycles. The monoisotopic (exact) mass is 342 g/mol. The molecule has 0 aliphatic rings. The van der Waals surface area contributed by atoms with Crippen LogP contribution in [0.1, 0.15) is 24.7 Å². The first-order chi connectivity index (χ1) is 11.6. The molecule has 5 heteroatoms. The van der Waals surface area contributed by atoms with Crippen molar-refractivity contribution in [2.75, 3.05) is 6.54 Å². The number of thioether (sulfide) groups is 1. The van der Waals surface area contributed by atoms with Crippen molar-refractivity contribution in [3.63, 3.8) is 0 Å². The average Bonchev–Trinajstić information content (AvgIpc) is 2.61. The third kappa shape index (κ3) is 5.13. The number of amides is 2. The maximum Gasteiger partial charge on any atom is 0.242 e. The van der Waals surface area contributed by atoms with E-state index >= 15 is 0 Å². The molecule has 2 amide bonds. The van der Waals surface area contributed by atoms with Crippen molar-refractivity contribution in [2.45, 2.75) is 30.0 Å². The minimum atomic E-state index is -0.569. The fraction of sp³-hybridized carbons (Fsp3) is 0.263. The quantitative estimate of drug-likeness (QED) is 0.760. The molecule has 126 valence electrons. The van der Waals surface area contributed by atoms with Gasteiger partial charge in [-0.2, -0.15) is 0 Å². The van der Waals surface area contributed by atoms with Gasteiger partial charge in [-0.15, -0.1) is 11.8 Å². The summed E-state index contributed by atoms with van der Waals surface area (Å²) in [5.41, 5.74) is 0.909. The zero-order valence-electron chi connectivity index (χ0n) is 13.9. The molecule has 2 aromatic rings. The van der Waals surface area contributed by atoms with E-state index in [-0.39, 0.29) is 11.8 Å². The predicted molar refractivity (Wildman–Crippen MR) is 97.8 cm³/mol. The summed E-state index contributed by atoms with van der Waals surface area (Å²) in [5, 5.41) is 5.12. The summed E-state index contributed by atoms with van der Waals surface area (Å²) < 4.78 is 0. The molecule has 2 aromatic carbocycles. The fourth-order valence-corrected chi connectivity index (χ4v) is 3.27. The van der Waals surface area contributed by atoms with E-state index in [1.807, 2.05) is 67.6 Å². The van der Waals surface area contributed by atoms with Crippen molar-refractivity contribution in [3.8, 4) is 0 Å². The van der Waals surface area contributed by atoms with Crippen LogP contribution in [0.25, 0.3) is 0 Å². The highest BCUT2D eigenvalue weighted by Crippen LogP contribution is 2.35. The molecule has 0 saturated heterocycles. The van der Waals surface area contributed by atoms with Gasteiger partial charge in [-0.25, -0.2) is 0 Å². The van der Waals surface area contributed by atoms with E-state index in [0.717, 1.165) is 10.5 Å². The lowest BCUT2D eigenvalue weighted by Gasteiger charge is -2.20. The second kappa shape index (κ2) is 9.13. The normalized spacial score (nSPS) is 12.9. The second-order valence-electron chi connectivity index (χ2n) is 5.35. The van der Waals surface area contributed by atoms with E-state index in [2.05, 4.69) is 10.6 Å². The van der Waals surface area contributed by atoms with Crippen LogP contribution in [-0.2, 0) is 9.59 Å². The van der Waals surface area contributed by atoms with Crippen LogP contribution in [0.15, 0.2) is 65.6 Å². The van der Waals surface area contributed by atoms with Gasteiger partial charge in [-0.3, -0.25) is 9.59 Å². The average molecular weight is 342 g/mol. The maximum atomic E-state index is 12.8. The molecule has 0 aliphatic carbocycles. The van der Waals surface area contributed by atoms with Crippen molar-refractivity contribution in [1.82, 2.24) is 10.6 Å². The molecular formula is C19H22N2O2S. The molecule has 24 heavy (non-hydrogen) atoms. The first kappa shape index (κ1) is 18.1. The van der Waals surface area contributed by atoms with Crippen molar-refractivity contribution >= 4 is 23.6 Å². The van der Waals surface area contributed by atoms with Crippen LogP contribution in [0.5, 0.6) is 0 Å². The number of likely N-dealkylation sites (N-methyl/N-ethyl adjacent to an activating group) is 1. The largest absolute Gasteiger partial charge is 0.355 e. The van der Waals surface area contributed by atoms with E-state index < -0.39 is 11.3 Å². The highest BCUT2D eigenvalue weighted by Gasteiger charge is 2.25. The lowest BCUT2D eigenvalue weighted by molar-refractivity contribution is -0.128. The fourth-order valence-electron chi connectivity index (χ4n) is 2.22. The van der Waals surface area contributed by atoms with Crippen LogP contribution in [0, 0.1) is 0 Å². The standard InChI is InChI=1S/C19H22N2O2S/c1-3-20-18(22)14(2)21-19(23)17(15-10-6-4-7-11-15)24-16-12-8-5-9-13-16/h4-14,17H,3H2,1-2H3,(H,20,22)(H,21,23)/t14-,17-/m1/s1. The molecule has 0 aromatic heterocycles. The van der Waals surface area contributed by atoms with Gasteiger partial charge >= 0.3 is 0 Å². The molecule has 0 radical (unpaired) electrons. The van der Waals surface area contributed by atoms with Crippen LogP contribution in [0.2, 0.25) is 0 Å². The first-order valence-electron chi connectivity index (χ1n) is 7.96.